The van der Waals surface area contributed by atoms with E-state index in [1.165, 1.54) is 275 Å². The minimum Gasteiger partial charge on any atom is -0.324 e. The fourth-order valence-electron chi connectivity index (χ4n) is 8.06. The molecule has 0 aromatic rings. The van der Waals surface area contributed by atoms with E-state index < -0.39 is 0 Å². The molecule has 0 amide bonds. The van der Waals surface area contributed by atoms with E-state index in [4.69, 9.17) is 0 Å². The normalized spacial score (nSPS) is 12.0. The molecule has 0 aliphatic heterocycles. The highest BCUT2D eigenvalue weighted by Crippen LogP contribution is 2.21. The SMILES string of the molecule is CCCCCCCCCCCCC[N+](CCCCCCC)(CCCCCCCCCCCCC)CCCCCCCCCCCCC. The zero-order chi connectivity index (χ0) is 34.2. The predicted octanol–water partition coefficient (Wildman–Crippen LogP) is 16.7. The summed E-state index contributed by atoms with van der Waals surface area (Å²) < 4.78 is 1.48. The molecule has 284 valence electrons. The molecule has 1 nitrogen and oxygen atoms in total. The predicted molar refractivity (Wildman–Crippen MR) is 218 cm³/mol. The molecule has 0 radical (unpaired) electrons. The lowest BCUT2D eigenvalue weighted by Gasteiger charge is -2.40. The van der Waals surface area contributed by atoms with Crippen LogP contribution in [0, 0.1) is 0 Å². The minimum absolute atomic E-state index is 1.37. The van der Waals surface area contributed by atoms with Gasteiger partial charge in [-0.2, -0.15) is 0 Å². The van der Waals surface area contributed by atoms with Crippen molar-refractivity contribution in [2.24, 2.45) is 0 Å². The summed E-state index contributed by atoms with van der Waals surface area (Å²) in [5.41, 5.74) is 0. The quantitative estimate of drug-likeness (QED) is 0.0451. The van der Waals surface area contributed by atoms with Crippen LogP contribution in [-0.4, -0.2) is 30.7 Å². The Morgan fingerprint density at radius 3 is 0.447 bits per heavy atom. The Kier molecular flexibility index (Phi) is 40.4. The van der Waals surface area contributed by atoms with E-state index in [0.717, 1.165) is 0 Å². The first-order valence-electron chi connectivity index (χ1n) is 23.1. The standard InChI is InChI=1S/C46H96N/c1-5-9-13-17-20-23-26-29-32-36-40-44-47(43-39-35-16-12-8-4,45-41-37-33-30-27-24-21-18-14-10-6-2)46-42-38-34-31-28-25-22-19-15-11-7-3/h5-46H2,1-4H3/q+1. The lowest BCUT2D eigenvalue weighted by atomic mass is 10.0. The molecule has 0 aliphatic rings. The van der Waals surface area contributed by atoms with Crippen molar-refractivity contribution < 1.29 is 4.48 Å². The molecular weight excluding hydrogens is 567 g/mol. The number of quaternary nitrogens is 1. The fraction of sp³-hybridized carbons (Fsp3) is 1.00. The third-order valence-corrected chi connectivity index (χ3v) is 11.4. The average Bonchev–Trinajstić information content (AvgIpc) is 3.08. The second-order valence-electron chi connectivity index (χ2n) is 16.3. The van der Waals surface area contributed by atoms with Crippen molar-refractivity contribution in [3.63, 3.8) is 0 Å². The van der Waals surface area contributed by atoms with E-state index in [2.05, 4.69) is 27.7 Å². The molecule has 47 heavy (non-hydrogen) atoms. The summed E-state index contributed by atoms with van der Waals surface area (Å²) in [6, 6.07) is 0. The highest BCUT2D eigenvalue weighted by molar-refractivity contribution is 4.56. The highest BCUT2D eigenvalue weighted by Gasteiger charge is 2.25. The molecule has 0 rings (SSSR count). The van der Waals surface area contributed by atoms with Crippen molar-refractivity contribution in [3.05, 3.63) is 0 Å². The molecule has 0 aromatic carbocycles. The summed E-state index contributed by atoms with van der Waals surface area (Å²) in [4.78, 5) is 0. The van der Waals surface area contributed by atoms with Gasteiger partial charge in [-0.25, -0.2) is 0 Å². The molecule has 0 spiro atoms. The number of rotatable bonds is 42. The second kappa shape index (κ2) is 40.4. The van der Waals surface area contributed by atoms with E-state index in [-0.39, 0.29) is 0 Å². The zero-order valence-corrected chi connectivity index (χ0v) is 34.1. The van der Waals surface area contributed by atoms with Gasteiger partial charge in [-0.1, -0.05) is 220 Å². The van der Waals surface area contributed by atoms with Gasteiger partial charge in [-0.05, 0) is 51.4 Å². The van der Waals surface area contributed by atoms with Gasteiger partial charge in [0.15, 0.2) is 0 Å². The Morgan fingerprint density at radius 2 is 0.298 bits per heavy atom. The Morgan fingerprint density at radius 1 is 0.170 bits per heavy atom. The minimum atomic E-state index is 1.37. The van der Waals surface area contributed by atoms with Gasteiger partial charge < -0.3 is 4.48 Å². The summed E-state index contributed by atoms with van der Waals surface area (Å²) in [7, 11) is 0. The Hall–Kier alpha value is -0.0400. The lowest BCUT2D eigenvalue weighted by molar-refractivity contribution is -0.929. The van der Waals surface area contributed by atoms with Crippen molar-refractivity contribution in [1.82, 2.24) is 0 Å². The molecule has 0 aromatic heterocycles. The van der Waals surface area contributed by atoms with Crippen LogP contribution in [0.25, 0.3) is 0 Å². The first-order valence-corrected chi connectivity index (χ1v) is 23.1. The number of hydrogen-bond donors (Lipinski definition) is 0. The highest BCUT2D eigenvalue weighted by atomic mass is 15.3. The summed E-state index contributed by atoms with van der Waals surface area (Å²) in [5, 5.41) is 0. The van der Waals surface area contributed by atoms with E-state index >= 15 is 0 Å². The molecule has 0 saturated heterocycles. The van der Waals surface area contributed by atoms with E-state index in [1.54, 1.807) is 0 Å². The molecule has 0 fully saturated rings. The maximum Gasteiger partial charge on any atom is 0.0786 e. The summed E-state index contributed by atoms with van der Waals surface area (Å²) in [6.07, 6.45) is 55.7. The van der Waals surface area contributed by atoms with E-state index in [9.17, 15) is 0 Å². The monoisotopic (exact) mass is 663 g/mol. The van der Waals surface area contributed by atoms with E-state index in [0.29, 0.717) is 0 Å². The Balaban J connectivity index is 4.71. The molecule has 0 N–H and O–H groups in total. The van der Waals surface area contributed by atoms with Gasteiger partial charge in [0, 0.05) is 0 Å². The fourth-order valence-corrected chi connectivity index (χ4v) is 8.06. The summed E-state index contributed by atoms with van der Waals surface area (Å²) in [6.45, 7) is 15.3. The van der Waals surface area contributed by atoms with Gasteiger partial charge in [0.2, 0.25) is 0 Å². The molecule has 0 heterocycles. The van der Waals surface area contributed by atoms with Crippen molar-refractivity contribution in [1.29, 1.82) is 0 Å². The molecular formula is C46H96N+. The van der Waals surface area contributed by atoms with Crippen LogP contribution in [0.2, 0.25) is 0 Å². The van der Waals surface area contributed by atoms with Crippen LogP contribution in [0.3, 0.4) is 0 Å². The zero-order valence-electron chi connectivity index (χ0n) is 34.1. The van der Waals surface area contributed by atoms with E-state index in [1.807, 2.05) is 0 Å². The topological polar surface area (TPSA) is 0 Å². The van der Waals surface area contributed by atoms with Gasteiger partial charge >= 0.3 is 0 Å². The van der Waals surface area contributed by atoms with Gasteiger partial charge in [0.05, 0.1) is 26.2 Å². The third kappa shape index (κ3) is 35.6. The Labute approximate surface area is 301 Å². The molecule has 0 unspecified atom stereocenters. The van der Waals surface area contributed by atoms with Crippen molar-refractivity contribution in [3.8, 4) is 0 Å². The lowest BCUT2D eigenvalue weighted by Crippen LogP contribution is -2.50. The van der Waals surface area contributed by atoms with Crippen LogP contribution in [0.4, 0.5) is 0 Å². The average molecular weight is 663 g/mol. The number of nitrogens with zero attached hydrogens (tertiary/aromatic N) is 1. The maximum atomic E-state index is 2.37. The molecule has 0 bridgehead atoms. The molecule has 0 atom stereocenters. The van der Waals surface area contributed by atoms with Crippen LogP contribution >= 0.6 is 0 Å². The Bertz CT molecular complexity index is 477. The smallest absolute Gasteiger partial charge is 0.0786 e. The summed E-state index contributed by atoms with van der Waals surface area (Å²) >= 11 is 0. The number of hydrogen-bond acceptors (Lipinski definition) is 0. The van der Waals surface area contributed by atoms with Gasteiger partial charge in [0.1, 0.15) is 0 Å². The van der Waals surface area contributed by atoms with Crippen LogP contribution in [0.15, 0.2) is 0 Å². The first-order chi connectivity index (χ1) is 23.2. The largest absolute Gasteiger partial charge is 0.324 e. The van der Waals surface area contributed by atoms with Crippen LogP contribution in [0.5, 0.6) is 0 Å². The third-order valence-electron chi connectivity index (χ3n) is 11.4. The van der Waals surface area contributed by atoms with Gasteiger partial charge in [-0.3, -0.25) is 0 Å². The summed E-state index contributed by atoms with van der Waals surface area (Å²) in [5.74, 6) is 0. The van der Waals surface area contributed by atoms with Crippen molar-refractivity contribution in [2.75, 3.05) is 26.2 Å². The van der Waals surface area contributed by atoms with Gasteiger partial charge in [-0.15, -0.1) is 0 Å². The maximum absolute atomic E-state index is 2.37. The van der Waals surface area contributed by atoms with Crippen molar-refractivity contribution in [2.45, 2.75) is 272 Å². The molecule has 0 saturated carbocycles. The van der Waals surface area contributed by atoms with Crippen molar-refractivity contribution >= 4 is 0 Å². The molecule has 0 aliphatic carbocycles. The number of unbranched alkanes of at least 4 members (excludes halogenated alkanes) is 34. The van der Waals surface area contributed by atoms with Crippen LogP contribution in [0.1, 0.15) is 272 Å². The second-order valence-corrected chi connectivity index (χ2v) is 16.3. The molecule has 1 heteroatoms. The van der Waals surface area contributed by atoms with Crippen LogP contribution in [-0.2, 0) is 0 Å². The van der Waals surface area contributed by atoms with Gasteiger partial charge in [0.25, 0.3) is 0 Å². The first kappa shape index (κ1) is 47.0. The van der Waals surface area contributed by atoms with Crippen LogP contribution < -0.4 is 0 Å².